The van der Waals surface area contributed by atoms with Gasteiger partial charge in [-0.25, -0.2) is 0 Å². The number of likely N-dealkylation sites (tertiary alicyclic amines) is 2. The summed E-state index contributed by atoms with van der Waals surface area (Å²) in [6.45, 7) is 8.88. The standard InChI is InChI=1S/C20H32N2O3/c1-16-2-3-19(25-16)14-21-8-6-20(7-9-21)12-18(23)13-22(15-20)17-4-10-24-11-5-17/h2-3,17-18,23H,4-15H2,1H3. The van der Waals surface area contributed by atoms with Gasteiger partial charge in [-0.2, -0.15) is 0 Å². The first-order valence-corrected chi connectivity index (χ1v) is 9.89. The van der Waals surface area contributed by atoms with Crippen LogP contribution in [0.4, 0.5) is 0 Å². The zero-order chi connectivity index (χ0) is 17.3. The van der Waals surface area contributed by atoms with E-state index in [-0.39, 0.29) is 6.10 Å². The SMILES string of the molecule is Cc1ccc(CN2CCC3(CC2)CC(O)CN(C2CCOCC2)C3)o1. The fourth-order valence-corrected chi connectivity index (χ4v) is 5.06. The molecule has 3 fully saturated rings. The average Bonchev–Trinajstić information content (AvgIpc) is 3.02. The molecule has 3 saturated heterocycles. The first kappa shape index (κ1) is 17.5. The van der Waals surface area contributed by atoms with Crippen molar-refractivity contribution in [1.29, 1.82) is 0 Å². The first-order chi connectivity index (χ1) is 12.1. The van der Waals surface area contributed by atoms with Crippen molar-refractivity contribution in [1.82, 2.24) is 9.80 Å². The number of hydrogen-bond acceptors (Lipinski definition) is 5. The minimum Gasteiger partial charge on any atom is -0.465 e. The molecule has 1 unspecified atom stereocenters. The maximum absolute atomic E-state index is 10.5. The Balaban J connectivity index is 1.35. The topological polar surface area (TPSA) is 49.1 Å². The van der Waals surface area contributed by atoms with Crippen LogP contribution in [0.2, 0.25) is 0 Å². The molecule has 0 saturated carbocycles. The molecule has 5 nitrogen and oxygen atoms in total. The highest BCUT2D eigenvalue weighted by Gasteiger charge is 2.43. The first-order valence-electron chi connectivity index (χ1n) is 9.89. The van der Waals surface area contributed by atoms with Crippen molar-refractivity contribution >= 4 is 0 Å². The molecule has 1 N–H and O–H groups in total. The Labute approximate surface area is 150 Å². The van der Waals surface area contributed by atoms with Gasteiger partial charge in [0.25, 0.3) is 0 Å². The van der Waals surface area contributed by atoms with E-state index in [9.17, 15) is 5.11 Å². The lowest BCUT2D eigenvalue weighted by atomic mass is 9.71. The molecule has 3 aliphatic heterocycles. The second-order valence-electron chi connectivity index (χ2n) is 8.42. The maximum atomic E-state index is 10.5. The summed E-state index contributed by atoms with van der Waals surface area (Å²) in [6, 6.07) is 4.74. The molecule has 1 atom stereocenters. The predicted octanol–water partition coefficient (Wildman–Crippen LogP) is 2.42. The van der Waals surface area contributed by atoms with Gasteiger partial charge in [0.1, 0.15) is 11.5 Å². The third-order valence-electron chi connectivity index (χ3n) is 6.45. The second-order valence-corrected chi connectivity index (χ2v) is 8.42. The van der Waals surface area contributed by atoms with Gasteiger partial charge in [0.2, 0.25) is 0 Å². The summed E-state index contributed by atoms with van der Waals surface area (Å²) >= 11 is 0. The summed E-state index contributed by atoms with van der Waals surface area (Å²) in [7, 11) is 0. The van der Waals surface area contributed by atoms with Gasteiger partial charge in [-0.15, -0.1) is 0 Å². The van der Waals surface area contributed by atoms with Crippen molar-refractivity contribution < 1.29 is 14.3 Å². The lowest BCUT2D eigenvalue weighted by Crippen LogP contribution is -2.56. The van der Waals surface area contributed by atoms with E-state index >= 15 is 0 Å². The van der Waals surface area contributed by atoms with Crippen molar-refractivity contribution in [3.63, 3.8) is 0 Å². The van der Waals surface area contributed by atoms with E-state index in [0.29, 0.717) is 11.5 Å². The van der Waals surface area contributed by atoms with Gasteiger partial charge in [-0.3, -0.25) is 9.80 Å². The van der Waals surface area contributed by atoms with E-state index in [0.717, 1.165) is 76.7 Å². The van der Waals surface area contributed by atoms with Crippen LogP contribution >= 0.6 is 0 Å². The Morgan fingerprint density at radius 1 is 1.20 bits per heavy atom. The van der Waals surface area contributed by atoms with E-state index < -0.39 is 0 Å². The normalized spacial score (nSPS) is 29.3. The lowest BCUT2D eigenvalue weighted by Gasteiger charge is -2.51. The molecule has 1 aromatic heterocycles. The van der Waals surface area contributed by atoms with E-state index in [1.165, 1.54) is 12.8 Å². The number of ether oxygens (including phenoxy) is 1. The third-order valence-corrected chi connectivity index (χ3v) is 6.45. The maximum Gasteiger partial charge on any atom is 0.118 e. The highest BCUT2D eigenvalue weighted by atomic mass is 16.5. The molecule has 5 heteroatoms. The molecule has 0 aromatic carbocycles. The monoisotopic (exact) mass is 348 g/mol. The third kappa shape index (κ3) is 4.11. The summed E-state index contributed by atoms with van der Waals surface area (Å²) in [5.41, 5.74) is 0.297. The fraction of sp³-hybridized carbons (Fsp3) is 0.800. The molecular weight excluding hydrogens is 316 g/mol. The van der Waals surface area contributed by atoms with Crippen LogP contribution in [0.25, 0.3) is 0 Å². The van der Waals surface area contributed by atoms with Crippen LogP contribution in [-0.4, -0.2) is 66.4 Å². The van der Waals surface area contributed by atoms with Crippen LogP contribution in [0, 0.1) is 12.3 Å². The van der Waals surface area contributed by atoms with E-state index in [2.05, 4.69) is 15.9 Å². The average molecular weight is 348 g/mol. The minimum absolute atomic E-state index is 0.170. The summed E-state index contributed by atoms with van der Waals surface area (Å²) < 4.78 is 11.3. The Morgan fingerprint density at radius 3 is 2.64 bits per heavy atom. The Hall–Kier alpha value is -0.880. The Bertz CT molecular complexity index is 559. The molecule has 140 valence electrons. The number of aliphatic hydroxyl groups is 1. The Morgan fingerprint density at radius 2 is 1.96 bits per heavy atom. The molecular formula is C20H32N2O3. The van der Waals surface area contributed by atoms with Gasteiger partial charge in [-0.05, 0) is 69.7 Å². The largest absolute Gasteiger partial charge is 0.465 e. The number of furan rings is 1. The molecule has 0 aliphatic carbocycles. The van der Waals surface area contributed by atoms with Crippen LogP contribution < -0.4 is 0 Å². The summed E-state index contributed by atoms with van der Waals surface area (Å²) in [6.07, 6.45) is 5.41. The highest BCUT2D eigenvalue weighted by molar-refractivity contribution is 5.06. The van der Waals surface area contributed by atoms with Crippen LogP contribution in [0.3, 0.4) is 0 Å². The molecule has 1 spiro atoms. The van der Waals surface area contributed by atoms with Gasteiger partial charge in [-0.1, -0.05) is 0 Å². The second kappa shape index (κ2) is 7.39. The number of hydrogen-bond donors (Lipinski definition) is 1. The summed E-state index contributed by atoms with van der Waals surface area (Å²) in [4.78, 5) is 5.07. The zero-order valence-electron chi connectivity index (χ0n) is 15.5. The molecule has 25 heavy (non-hydrogen) atoms. The molecule has 4 heterocycles. The van der Waals surface area contributed by atoms with Crippen molar-refractivity contribution in [3.05, 3.63) is 23.7 Å². The van der Waals surface area contributed by atoms with Gasteiger partial charge in [0, 0.05) is 32.3 Å². The van der Waals surface area contributed by atoms with Gasteiger partial charge >= 0.3 is 0 Å². The van der Waals surface area contributed by atoms with Crippen LogP contribution in [0.5, 0.6) is 0 Å². The van der Waals surface area contributed by atoms with Crippen molar-refractivity contribution in [2.24, 2.45) is 5.41 Å². The minimum atomic E-state index is -0.170. The molecule has 0 radical (unpaired) electrons. The number of nitrogens with zero attached hydrogens (tertiary/aromatic N) is 2. The zero-order valence-corrected chi connectivity index (χ0v) is 15.5. The van der Waals surface area contributed by atoms with Gasteiger partial charge in [0.05, 0.1) is 12.6 Å². The summed E-state index contributed by atoms with van der Waals surface area (Å²) in [5.74, 6) is 2.06. The van der Waals surface area contributed by atoms with Crippen LogP contribution in [-0.2, 0) is 11.3 Å². The van der Waals surface area contributed by atoms with Gasteiger partial charge < -0.3 is 14.3 Å². The number of piperidine rings is 2. The van der Waals surface area contributed by atoms with E-state index in [1.54, 1.807) is 0 Å². The smallest absolute Gasteiger partial charge is 0.118 e. The molecule has 3 aliphatic rings. The molecule has 1 aromatic rings. The number of aliphatic hydroxyl groups excluding tert-OH is 1. The van der Waals surface area contributed by atoms with E-state index in [1.807, 2.05) is 13.0 Å². The van der Waals surface area contributed by atoms with Crippen LogP contribution in [0.15, 0.2) is 16.5 Å². The van der Waals surface area contributed by atoms with Gasteiger partial charge in [0.15, 0.2) is 0 Å². The predicted molar refractivity (Wildman–Crippen MR) is 96.4 cm³/mol. The number of β-amino-alcohol motifs (C(OH)–C–C–N with tert-alkyl or cyclic N) is 1. The van der Waals surface area contributed by atoms with Crippen LogP contribution in [0.1, 0.15) is 43.6 Å². The highest BCUT2D eigenvalue weighted by Crippen LogP contribution is 2.41. The van der Waals surface area contributed by atoms with Crippen molar-refractivity contribution in [3.8, 4) is 0 Å². The lowest BCUT2D eigenvalue weighted by molar-refractivity contribution is -0.0730. The Kier molecular flexibility index (Phi) is 5.18. The number of rotatable bonds is 3. The van der Waals surface area contributed by atoms with Crippen molar-refractivity contribution in [2.45, 2.75) is 57.7 Å². The molecule has 0 amide bonds. The molecule has 4 rings (SSSR count). The van der Waals surface area contributed by atoms with E-state index in [4.69, 9.17) is 9.15 Å². The number of aryl methyl sites for hydroxylation is 1. The summed E-state index contributed by atoms with van der Waals surface area (Å²) in [5, 5.41) is 10.5. The quantitative estimate of drug-likeness (QED) is 0.909. The van der Waals surface area contributed by atoms with Crippen molar-refractivity contribution in [2.75, 3.05) is 39.4 Å². The molecule has 0 bridgehead atoms. The fourth-order valence-electron chi connectivity index (χ4n) is 5.06.